The van der Waals surface area contributed by atoms with E-state index in [1.165, 1.54) is 0 Å². The molecule has 2 aromatic carbocycles. The van der Waals surface area contributed by atoms with E-state index in [-0.39, 0.29) is 21.7 Å². The monoisotopic (exact) mass is 498 g/mol. The number of nitriles is 1. The van der Waals surface area contributed by atoms with Crippen molar-refractivity contribution < 1.29 is 26.8 Å². The van der Waals surface area contributed by atoms with Gasteiger partial charge >= 0.3 is 0 Å². The van der Waals surface area contributed by atoms with Crippen molar-refractivity contribution in [1.82, 2.24) is 15.9 Å². The predicted molar refractivity (Wildman–Crippen MR) is 118 cm³/mol. The number of benzene rings is 2. The average Bonchev–Trinajstić information content (AvgIpc) is 3.20. The number of nitrogens with one attached hydrogen (secondary N) is 1. The summed E-state index contributed by atoms with van der Waals surface area (Å²) in [6.07, 6.45) is 0.0952. The number of rotatable bonds is 7. The van der Waals surface area contributed by atoms with Crippen LogP contribution in [0.4, 0.5) is 4.39 Å². The van der Waals surface area contributed by atoms with Crippen LogP contribution in [0, 0.1) is 31.0 Å². The first kappa shape index (κ1) is 25.6. The van der Waals surface area contributed by atoms with Gasteiger partial charge in [0, 0.05) is 11.6 Å². The fourth-order valence-electron chi connectivity index (χ4n) is 2.46. The minimum absolute atomic E-state index is 0. The third-order valence-corrected chi connectivity index (χ3v) is 8.41. The van der Waals surface area contributed by atoms with Gasteiger partial charge < -0.3 is 15.6 Å². The molecule has 3 aromatic rings. The smallest absolute Gasteiger partial charge is 0.252 e. The van der Waals surface area contributed by atoms with Crippen molar-refractivity contribution in [2.24, 2.45) is 0 Å². The number of hydrogen-bond acceptors (Lipinski definition) is 8. The van der Waals surface area contributed by atoms with Crippen LogP contribution in [0.25, 0.3) is 10.6 Å². The van der Waals surface area contributed by atoms with Gasteiger partial charge in [-0.1, -0.05) is 12.1 Å². The molecule has 170 valence electrons. The van der Waals surface area contributed by atoms with Crippen LogP contribution in [-0.2, 0) is 14.6 Å². The molecule has 0 amide bonds. The number of quaternary nitrogens is 1. The first-order valence-electron chi connectivity index (χ1n) is 8.73. The van der Waals surface area contributed by atoms with Gasteiger partial charge in [0.25, 0.3) is 10.0 Å². The van der Waals surface area contributed by atoms with Gasteiger partial charge in [0.1, 0.15) is 22.6 Å². The summed E-state index contributed by atoms with van der Waals surface area (Å²) in [4.78, 5) is 16.2. The molecule has 0 aliphatic carbocycles. The van der Waals surface area contributed by atoms with E-state index in [1.807, 2.05) is 36.8 Å². The molecule has 3 rings (SSSR count). The summed E-state index contributed by atoms with van der Waals surface area (Å²) in [5, 5.41) is 9.17. The normalized spacial score (nSPS) is 13.0. The summed E-state index contributed by atoms with van der Waals surface area (Å²) in [7, 11) is -8.92. The third-order valence-electron chi connectivity index (χ3n) is 4.26. The summed E-state index contributed by atoms with van der Waals surface area (Å²) in [5.41, 5.74) is 2.58. The molecule has 0 aliphatic heterocycles. The van der Waals surface area contributed by atoms with E-state index in [1.54, 1.807) is 6.07 Å². The largest absolute Gasteiger partial charge is 0.768 e. The van der Waals surface area contributed by atoms with Gasteiger partial charge in [-0.2, -0.15) is 5.26 Å². The molecule has 1 aromatic heterocycles. The van der Waals surface area contributed by atoms with Gasteiger partial charge in [-0.3, -0.25) is 4.57 Å². The summed E-state index contributed by atoms with van der Waals surface area (Å²) in [6.45, 7) is 3.88. The molecule has 5 N–H and O–H groups in total. The fourth-order valence-corrected chi connectivity index (χ4v) is 6.11. The van der Waals surface area contributed by atoms with Crippen LogP contribution in [0.2, 0.25) is 0 Å². The molecule has 1 heterocycles. The summed E-state index contributed by atoms with van der Waals surface area (Å²) in [5.74, 6) is -1.33. The van der Waals surface area contributed by atoms with E-state index >= 15 is 0 Å². The minimum Gasteiger partial charge on any atom is -0.768 e. The zero-order valence-electron chi connectivity index (χ0n) is 17.3. The second-order valence-corrected chi connectivity index (χ2v) is 11.3. The molecule has 0 spiro atoms. The maximum atomic E-state index is 13.6. The number of halogens is 1. The van der Waals surface area contributed by atoms with E-state index in [2.05, 4.69) is 4.98 Å². The summed E-state index contributed by atoms with van der Waals surface area (Å²) in [6, 6.07) is 10.1. The first-order valence-corrected chi connectivity index (χ1v) is 12.8. The molecule has 0 bridgehead atoms. The Hall–Kier alpha value is -2.65. The van der Waals surface area contributed by atoms with Crippen LogP contribution in [0.15, 0.2) is 46.8 Å². The lowest BCUT2D eigenvalue weighted by Crippen LogP contribution is -2.28. The molecule has 0 saturated carbocycles. The average molecular weight is 498 g/mol. The molecular formula is C19H20FN4O5PS2. The van der Waals surface area contributed by atoms with Crippen molar-refractivity contribution >= 4 is 29.0 Å². The van der Waals surface area contributed by atoms with E-state index in [0.717, 1.165) is 52.4 Å². The topological polar surface area (TPSA) is 169 Å². The number of sulfonamides is 1. The summed E-state index contributed by atoms with van der Waals surface area (Å²) >= 11 is 0.894. The van der Waals surface area contributed by atoms with Crippen LogP contribution >= 0.6 is 18.9 Å². The third kappa shape index (κ3) is 5.98. The van der Waals surface area contributed by atoms with Crippen molar-refractivity contribution in [2.45, 2.75) is 18.1 Å². The van der Waals surface area contributed by atoms with Gasteiger partial charge in [-0.25, -0.2) is 22.5 Å². The minimum atomic E-state index is -4.74. The Labute approximate surface area is 188 Å². The highest BCUT2D eigenvalue weighted by Crippen LogP contribution is 2.38. The Morgan fingerprint density at radius 2 is 1.97 bits per heavy atom. The Morgan fingerprint density at radius 1 is 1.25 bits per heavy atom. The van der Waals surface area contributed by atoms with Crippen LogP contribution < -0.4 is 20.3 Å². The molecular weight excluding hydrogens is 478 g/mol. The van der Waals surface area contributed by atoms with Gasteiger partial charge in [0.15, 0.2) is 11.8 Å². The van der Waals surface area contributed by atoms with Gasteiger partial charge in [-0.05, 0) is 43.2 Å². The van der Waals surface area contributed by atoms with E-state index in [9.17, 15) is 22.3 Å². The Bertz CT molecular complexity index is 1340. The highest BCUT2D eigenvalue weighted by atomic mass is 32.2. The zero-order chi connectivity index (χ0) is 22.8. The molecule has 32 heavy (non-hydrogen) atoms. The standard InChI is InChI=1S/C19H17FN3O5PS2.H3N/c1-12-3-4-14(7-13(12)2)19-22-10-18(30-19)31(26,27)23-11-29(24,25)28-16-6-5-15(9-21)17(20)8-16;/h3-8,10,23H,11H2,1-2H3,(H,24,25);1H3. The number of nitrogens with zero attached hydrogens (tertiary/aromatic N) is 2. The molecule has 0 radical (unpaired) electrons. The van der Waals surface area contributed by atoms with E-state index in [0.29, 0.717) is 5.01 Å². The Balaban J connectivity index is 0.00000363. The molecule has 13 heteroatoms. The van der Waals surface area contributed by atoms with Crippen LogP contribution in [0.3, 0.4) is 0 Å². The van der Waals surface area contributed by atoms with Crippen molar-refractivity contribution in [3.63, 3.8) is 0 Å². The molecule has 9 nitrogen and oxygen atoms in total. The van der Waals surface area contributed by atoms with Gasteiger partial charge in [0.05, 0.1) is 18.0 Å². The first-order chi connectivity index (χ1) is 14.5. The molecule has 1 atom stereocenters. The van der Waals surface area contributed by atoms with E-state index in [4.69, 9.17) is 9.79 Å². The Kier molecular flexibility index (Phi) is 7.90. The summed E-state index contributed by atoms with van der Waals surface area (Å²) < 4.78 is 57.2. The van der Waals surface area contributed by atoms with Crippen molar-refractivity contribution in [2.75, 3.05) is 6.29 Å². The lowest BCUT2D eigenvalue weighted by atomic mass is 10.1. The highest BCUT2D eigenvalue weighted by molar-refractivity contribution is 7.91. The maximum Gasteiger partial charge on any atom is 0.252 e. The molecule has 0 fully saturated rings. The van der Waals surface area contributed by atoms with Crippen molar-refractivity contribution in [1.29, 1.82) is 5.26 Å². The number of aromatic nitrogens is 1. The van der Waals surface area contributed by atoms with Crippen LogP contribution in [-0.4, -0.2) is 19.7 Å². The Morgan fingerprint density at radius 3 is 2.59 bits per heavy atom. The van der Waals surface area contributed by atoms with E-state index < -0.39 is 29.7 Å². The quantitative estimate of drug-likeness (QED) is 0.468. The SMILES string of the molecule is Cc1ccc(-c2ncc(S(=O)(=O)NCP(=O)([O-])Oc3ccc(C#N)c(F)c3)s2)cc1C.[NH4+]. The highest BCUT2D eigenvalue weighted by Gasteiger charge is 2.22. The second kappa shape index (κ2) is 9.87. The number of thiazole rings is 1. The number of hydrogen-bond donors (Lipinski definition) is 2. The van der Waals surface area contributed by atoms with Gasteiger partial charge in [-0.15, -0.1) is 11.3 Å². The van der Waals surface area contributed by atoms with Gasteiger partial charge in [0.2, 0.25) is 0 Å². The van der Waals surface area contributed by atoms with Crippen molar-refractivity contribution in [3.05, 3.63) is 65.1 Å². The van der Waals surface area contributed by atoms with Crippen molar-refractivity contribution in [3.8, 4) is 22.4 Å². The molecule has 1 unspecified atom stereocenters. The fraction of sp³-hybridized carbons (Fsp3) is 0.158. The number of aryl methyl sites for hydroxylation is 2. The predicted octanol–water partition coefficient (Wildman–Crippen LogP) is 3.68. The lowest BCUT2D eigenvalue weighted by molar-refractivity contribution is -0.191. The molecule has 0 aliphatic rings. The second-order valence-electron chi connectivity index (χ2n) is 6.55. The molecule has 0 saturated heterocycles. The zero-order valence-corrected chi connectivity index (χ0v) is 19.9. The van der Waals surface area contributed by atoms with Crippen LogP contribution in [0.1, 0.15) is 16.7 Å². The lowest BCUT2D eigenvalue weighted by Gasteiger charge is -2.24. The maximum absolute atomic E-state index is 13.6. The van der Waals surface area contributed by atoms with Crippen LogP contribution in [0.5, 0.6) is 5.75 Å².